The largest absolute Gasteiger partial charge is 0.341 e. The molecule has 2 fully saturated rings. The molecule has 1 aliphatic heterocycles. The van der Waals surface area contributed by atoms with Crippen LogP contribution in [0.5, 0.6) is 0 Å². The summed E-state index contributed by atoms with van der Waals surface area (Å²) in [5.74, 6) is 2.09. The summed E-state index contributed by atoms with van der Waals surface area (Å²) in [6.07, 6.45) is 7.76. The van der Waals surface area contributed by atoms with Crippen LogP contribution in [-0.4, -0.2) is 36.5 Å². The van der Waals surface area contributed by atoms with E-state index in [0.29, 0.717) is 5.91 Å². The monoisotopic (exact) mass is 252 g/mol. The molecule has 1 heterocycles. The van der Waals surface area contributed by atoms with Crippen LogP contribution < -0.4 is 5.32 Å². The lowest BCUT2D eigenvalue weighted by atomic mass is 9.81. The van der Waals surface area contributed by atoms with Crippen LogP contribution in [0.3, 0.4) is 0 Å². The van der Waals surface area contributed by atoms with Crippen molar-refractivity contribution in [2.24, 2.45) is 11.8 Å². The highest BCUT2D eigenvalue weighted by Crippen LogP contribution is 2.31. The van der Waals surface area contributed by atoms with Crippen LogP contribution in [0.15, 0.2) is 0 Å². The van der Waals surface area contributed by atoms with Gasteiger partial charge in [-0.15, -0.1) is 0 Å². The topological polar surface area (TPSA) is 32.3 Å². The summed E-state index contributed by atoms with van der Waals surface area (Å²) >= 11 is 0. The lowest BCUT2D eigenvalue weighted by Gasteiger charge is -2.28. The maximum absolute atomic E-state index is 12.1. The van der Waals surface area contributed by atoms with E-state index in [0.717, 1.165) is 37.9 Å². The normalized spacial score (nSPS) is 33.1. The van der Waals surface area contributed by atoms with Crippen LogP contribution in [-0.2, 0) is 4.79 Å². The minimum absolute atomic E-state index is 0.0975. The number of likely N-dealkylation sites (tertiary alicyclic amines) is 1. The van der Waals surface area contributed by atoms with Gasteiger partial charge in [-0.05, 0) is 37.6 Å². The molecule has 0 aromatic carbocycles. The highest BCUT2D eigenvalue weighted by Gasteiger charge is 2.31. The third kappa shape index (κ3) is 3.47. The second-order valence-corrected chi connectivity index (χ2v) is 6.15. The summed E-state index contributed by atoms with van der Waals surface area (Å²) in [6.45, 7) is 7.27. The van der Waals surface area contributed by atoms with Gasteiger partial charge >= 0.3 is 0 Å². The van der Waals surface area contributed by atoms with Crippen LogP contribution in [0.1, 0.15) is 52.4 Å². The van der Waals surface area contributed by atoms with Gasteiger partial charge in [0, 0.05) is 13.1 Å². The smallest absolute Gasteiger partial charge is 0.239 e. The zero-order chi connectivity index (χ0) is 13.0. The van der Waals surface area contributed by atoms with Gasteiger partial charge in [0.1, 0.15) is 0 Å². The van der Waals surface area contributed by atoms with Crippen molar-refractivity contribution in [2.75, 3.05) is 19.6 Å². The molecular weight excluding hydrogens is 224 g/mol. The van der Waals surface area contributed by atoms with Crippen molar-refractivity contribution >= 4 is 5.91 Å². The molecule has 2 aliphatic rings. The number of carbonyl (C=O) groups excluding carboxylic acids is 1. The van der Waals surface area contributed by atoms with Crippen molar-refractivity contribution < 1.29 is 4.79 Å². The molecule has 0 bridgehead atoms. The van der Waals surface area contributed by atoms with E-state index in [-0.39, 0.29) is 6.04 Å². The molecule has 0 radical (unpaired) electrons. The second-order valence-electron chi connectivity index (χ2n) is 6.15. The summed E-state index contributed by atoms with van der Waals surface area (Å²) in [7, 11) is 0. The molecule has 18 heavy (non-hydrogen) atoms. The Morgan fingerprint density at radius 1 is 1.33 bits per heavy atom. The molecule has 0 aromatic heterocycles. The van der Waals surface area contributed by atoms with Crippen molar-refractivity contribution in [1.82, 2.24) is 10.2 Å². The van der Waals surface area contributed by atoms with Gasteiger partial charge in [-0.1, -0.05) is 33.1 Å². The van der Waals surface area contributed by atoms with E-state index < -0.39 is 0 Å². The first-order valence-corrected chi connectivity index (χ1v) is 7.73. The van der Waals surface area contributed by atoms with Gasteiger partial charge in [0.05, 0.1) is 6.04 Å². The Labute approximate surface area is 111 Å². The Balaban J connectivity index is 1.72. The number of likely N-dealkylation sites (N-methyl/N-ethyl adjacent to an activating group) is 1. The van der Waals surface area contributed by atoms with Crippen molar-refractivity contribution in [3.63, 3.8) is 0 Å². The van der Waals surface area contributed by atoms with Crippen LogP contribution in [0, 0.1) is 11.8 Å². The van der Waals surface area contributed by atoms with Crippen molar-refractivity contribution in [1.29, 1.82) is 0 Å². The van der Waals surface area contributed by atoms with Crippen LogP contribution in [0.25, 0.3) is 0 Å². The fourth-order valence-electron chi connectivity index (χ4n) is 3.56. The Bertz CT molecular complexity index is 280. The summed E-state index contributed by atoms with van der Waals surface area (Å²) in [6, 6.07) is 0.0975. The predicted octanol–water partition coefficient (Wildman–Crippen LogP) is 2.41. The van der Waals surface area contributed by atoms with E-state index in [1.54, 1.807) is 0 Å². The fourth-order valence-corrected chi connectivity index (χ4v) is 3.56. The standard InChI is InChI=1S/C15H28N2O/c1-3-16-14-8-10-17(15(14)18)9-7-13-6-4-5-12(2)11-13/h12-14,16H,3-11H2,1-2H3. The molecule has 0 aromatic rings. The molecular formula is C15H28N2O. The lowest BCUT2D eigenvalue weighted by Crippen LogP contribution is -2.38. The van der Waals surface area contributed by atoms with Gasteiger partial charge < -0.3 is 10.2 Å². The maximum Gasteiger partial charge on any atom is 0.239 e. The first kappa shape index (κ1) is 13.9. The predicted molar refractivity (Wildman–Crippen MR) is 74.4 cm³/mol. The molecule has 1 amide bonds. The average molecular weight is 252 g/mol. The van der Waals surface area contributed by atoms with Gasteiger partial charge in [0.25, 0.3) is 0 Å². The number of hydrogen-bond donors (Lipinski definition) is 1. The van der Waals surface area contributed by atoms with Gasteiger partial charge in [-0.3, -0.25) is 4.79 Å². The highest BCUT2D eigenvalue weighted by atomic mass is 16.2. The minimum Gasteiger partial charge on any atom is -0.341 e. The molecule has 3 nitrogen and oxygen atoms in total. The Morgan fingerprint density at radius 2 is 2.17 bits per heavy atom. The molecule has 1 saturated heterocycles. The van der Waals surface area contributed by atoms with Crippen LogP contribution in [0.2, 0.25) is 0 Å². The molecule has 2 rings (SSSR count). The first-order chi connectivity index (χ1) is 8.70. The number of rotatable bonds is 5. The number of nitrogens with one attached hydrogen (secondary N) is 1. The van der Waals surface area contributed by atoms with E-state index in [4.69, 9.17) is 0 Å². The van der Waals surface area contributed by atoms with Crippen molar-refractivity contribution in [3.05, 3.63) is 0 Å². The molecule has 3 unspecified atom stereocenters. The van der Waals surface area contributed by atoms with E-state index in [1.165, 1.54) is 32.1 Å². The van der Waals surface area contributed by atoms with Crippen molar-refractivity contribution in [3.8, 4) is 0 Å². The molecule has 3 heteroatoms. The van der Waals surface area contributed by atoms with E-state index in [2.05, 4.69) is 24.1 Å². The SMILES string of the molecule is CCNC1CCN(CCC2CCCC(C)C2)C1=O. The van der Waals surface area contributed by atoms with Crippen LogP contribution in [0.4, 0.5) is 0 Å². The van der Waals surface area contributed by atoms with Gasteiger partial charge in [-0.2, -0.15) is 0 Å². The third-order valence-corrected chi connectivity index (χ3v) is 4.60. The molecule has 3 atom stereocenters. The van der Waals surface area contributed by atoms with Crippen LogP contribution >= 0.6 is 0 Å². The molecule has 1 aliphatic carbocycles. The summed E-state index contributed by atoms with van der Waals surface area (Å²) in [5, 5.41) is 3.28. The minimum atomic E-state index is 0.0975. The Kier molecular flexibility index (Phi) is 5.04. The molecule has 104 valence electrons. The average Bonchev–Trinajstić information content (AvgIpc) is 2.69. The van der Waals surface area contributed by atoms with E-state index >= 15 is 0 Å². The number of amides is 1. The quantitative estimate of drug-likeness (QED) is 0.815. The van der Waals surface area contributed by atoms with Gasteiger partial charge in [-0.25, -0.2) is 0 Å². The first-order valence-electron chi connectivity index (χ1n) is 7.73. The van der Waals surface area contributed by atoms with Crippen molar-refractivity contribution in [2.45, 2.75) is 58.4 Å². The number of nitrogens with zero attached hydrogens (tertiary/aromatic N) is 1. The van der Waals surface area contributed by atoms with Gasteiger partial charge in [0.2, 0.25) is 5.91 Å². The summed E-state index contributed by atoms with van der Waals surface area (Å²) in [5.41, 5.74) is 0. The fraction of sp³-hybridized carbons (Fsp3) is 0.933. The summed E-state index contributed by atoms with van der Waals surface area (Å²) < 4.78 is 0. The van der Waals surface area contributed by atoms with E-state index in [1.807, 2.05) is 0 Å². The zero-order valence-electron chi connectivity index (χ0n) is 12.0. The second kappa shape index (κ2) is 6.55. The molecule has 0 spiro atoms. The molecule has 1 saturated carbocycles. The summed E-state index contributed by atoms with van der Waals surface area (Å²) in [4.78, 5) is 14.2. The third-order valence-electron chi connectivity index (χ3n) is 4.60. The van der Waals surface area contributed by atoms with E-state index in [9.17, 15) is 4.79 Å². The Hall–Kier alpha value is -0.570. The maximum atomic E-state index is 12.1. The highest BCUT2D eigenvalue weighted by molar-refractivity contribution is 5.83. The molecule has 1 N–H and O–H groups in total. The lowest BCUT2D eigenvalue weighted by molar-refractivity contribution is -0.129. The number of carbonyl (C=O) groups is 1. The zero-order valence-corrected chi connectivity index (χ0v) is 12.0. The number of hydrogen-bond acceptors (Lipinski definition) is 2. The van der Waals surface area contributed by atoms with Gasteiger partial charge in [0.15, 0.2) is 0 Å². The Morgan fingerprint density at radius 3 is 2.89 bits per heavy atom.